The second kappa shape index (κ2) is 10.3. The zero-order chi connectivity index (χ0) is 26.9. The molecule has 3 aromatic carbocycles. The van der Waals surface area contributed by atoms with E-state index in [2.05, 4.69) is 53.9 Å². The molecule has 190 valence electrons. The van der Waals surface area contributed by atoms with Gasteiger partial charge in [0.2, 0.25) is 0 Å². The first-order chi connectivity index (χ1) is 17.4. The minimum atomic E-state index is -1.03. The number of hydrazone groups is 1. The molecule has 0 bridgehead atoms. The Balaban J connectivity index is 1.69. The van der Waals surface area contributed by atoms with Gasteiger partial charge in [-0.2, -0.15) is 10.1 Å². The lowest BCUT2D eigenvalue weighted by Gasteiger charge is -2.19. The molecule has 1 heterocycles. The SMILES string of the molecule is CC(C)C1=NN(c2ccc(C(=O)O)cc2)C(=O)/C1=C\c1ccc(Br)cc1Oc1ccc(C(C)(C)C)cc1. The van der Waals surface area contributed by atoms with Gasteiger partial charge in [-0.3, -0.25) is 4.79 Å². The van der Waals surface area contributed by atoms with Crippen molar-refractivity contribution in [3.05, 3.63) is 93.5 Å². The van der Waals surface area contributed by atoms with E-state index in [4.69, 9.17) is 4.74 Å². The molecular formula is C30H29BrN2O4. The lowest BCUT2D eigenvalue weighted by molar-refractivity contribution is -0.114. The largest absolute Gasteiger partial charge is 0.478 e. The number of carboxylic acid groups (broad SMARTS) is 1. The standard InChI is InChI=1S/C30H29BrN2O4/c1-18(2)27-25(28(34)33(32-27)23-12-7-19(8-13-23)29(35)36)16-20-6-11-22(31)17-26(20)37-24-14-9-21(10-15-24)30(3,4)5/h6-18H,1-5H3,(H,35,36)/b25-16-. The Labute approximate surface area is 225 Å². The molecule has 0 saturated carbocycles. The number of benzene rings is 3. The number of hydrogen-bond acceptors (Lipinski definition) is 4. The van der Waals surface area contributed by atoms with E-state index in [0.29, 0.717) is 28.5 Å². The van der Waals surface area contributed by atoms with Gasteiger partial charge in [-0.05, 0) is 71.5 Å². The van der Waals surface area contributed by atoms with Crippen molar-refractivity contribution in [1.29, 1.82) is 0 Å². The number of ether oxygens (including phenoxy) is 1. The predicted molar refractivity (Wildman–Crippen MR) is 150 cm³/mol. The van der Waals surface area contributed by atoms with E-state index in [1.54, 1.807) is 18.2 Å². The van der Waals surface area contributed by atoms with Gasteiger partial charge >= 0.3 is 5.97 Å². The highest BCUT2D eigenvalue weighted by Gasteiger charge is 2.33. The molecule has 3 aromatic rings. The summed E-state index contributed by atoms with van der Waals surface area (Å²) in [7, 11) is 0. The molecule has 0 saturated heterocycles. The maximum atomic E-state index is 13.5. The molecule has 1 amide bonds. The maximum absolute atomic E-state index is 13.5. The third kappa shape index (κ3) is 5.83. The van der Waals surface area contributed by atoms with Crippen LogP contribution in [0.4, 0.5) is 5.69 Å². The van der Waals surface area contributed by atoms with Crippen molar-refractivity contribution in [3.63, 3.8) is 0 Å². The zero-order valence-corrected chi connectivity index (χ0v) is 23.0. The van der Waals surface area contributed by atoms with Crippen LogP contribution in [0.3, 0.4) is 0 Å². The summed E-state index contributed by atoms with van der Waals surface area (Å²) in [6, 6.07) is 19.8. The molecule has 0 unspecified atom stereocenters. The monoisotopic (exact) mass is 560 g/mol. The van der Waals surface area contributed by atoms with Crippen LogP contribution in [-0.2, 0) is 10.2 Å². The fourth-order valence-corrected chi connectivity index (χ4v) is 4.27. The molecule has 7 heteroatoms. The fourth-order valence-electron chi connectivity index (χ4n) is 3.93. The molecule has 6 nitrogen and oxygen atoms in total. The normalized spacial score (nSPS) is 14.9. The molecule has 0 aromatic heterocycles. The summed E-state index contributed by atoms with van der Waals surface area (Å²) in [5.74, 6) is -0.0209. The van der Waals surface area contributed by atoms with Crippen LogP contribution in [0.2, 0.25) is 0 Å². The minimum Gasteiger partial charge on any atom is -0.478 e. The highest BCUT2D eigenvalue weighted by molar-refractivity contribution is 9.10. The first-order valence-electron chi connectivity index (χ1n) is 12.0. The van der Waals surface area contributed by atoms with Crippen molar-refractivity contribution < 1.29 is 19.4 Å². The van der Waals surface area contributed by atoms with Crippen LogP contribution in [0.15, 0.2) is 81.9 Å². The molecule has 1 aliphatic rings. The number of carbonyl (C=O) groups is 2. The predicted octanol–water partition coefficient (Wildman–Crippen LogP) is 7.68. The first-order valence-corrected chi connectivity index (χ1v) is 12.8. The van der Waals surface area contributed by atoms with Crippen molar-refractivity contribution in [3.8, 4) is 11.5 Å². The summed E-state index contributed by atoms with van der Waals surface area (Å²) >= 11 is 3.52. The molecule has 0 atom stereocenters. The van der Waals surface area contributed by atoms with Crippen LogP contribution in [-0.4, -0.2) is 22.7 Å². The van der Waals surface area contributed by atoms with E-state index in [1.807, 2.05) is 44.2 Å². The van der Waals surface area contributed by atoms with E-state index in [9.17, 15) is 14.7 Å². The Hall–Kier alpha value is -3.71. The van der Waals surface area contributed by atoms with Gasteiger partial charge in [0, 0.05) is 10.0 Å². The second-order valence-electron chi connectivity index (χ2n) is 10.2. The maximum Gasteiger partial charge on any atom is 0.335 e. The quantitative estimate of drug-likeness (QED) is 0.313. The Morgan fingerprint density at radius 1 is 1.03 bits per heavy atom. The molecule has 1 N–H and O–H groups in total. The molecule has 0 spiro atoms. The Kier molecular flexibility index (Phi) is 7.37. The summed E-state index contributed by atoms with van der Waals surface area (Å²) in [5.41, 5.74) is 3.75. The zero-order valence-electron chi connectivity index (χ0n) is 21.4. The molecule has 0 aliphatic carbocycles. The van der Waals surface area contributed by atoms with Gasteiger partial charge in [0.25, 0.3) is 5.91 Å². The number of amides is 1. The van der Waals surface area contributed by atoms with Crippen molar-refractivity contribution in [1.82, 2.24) is 0 Å². The summed E-state index contributed by atoms with van der Waals surface area (Å²) < 4.78 is 7.10. The Morgan fingerprint density at radius 3 is 2.24 bits per heavy atom. The summed E-state index contributed by atoms with van der Waals surface area (Å²) in [4.78, 5) is 24.7. The van der Waals surface area contributed by atoms with Crippen LogP contribution in [0.1, 0.15) is 56.1 Å². The van der Waals surface area contributed by atoms with Crippen LogP contribution in [0.25, 0.3) is 6.08 Å². The van der Waals surface area contributed by atoms with Gasteiger partial charge in [0.1, 0.15) is 11.5 Å². The summed E-state index contributed by atoms with van der Waals surface area (Å²) in [6.45, 7) is 10.5. The van der Waals surface area contributed by atoms with E-state index in [1.165, 1.54) is 22.7 Å². The summed E-state index contributed by atoms with van der Waals surface area (Å²) in [6.07, 6.45) is 1.80. The van der Waals surface area contributed by atoms with Gasteiger partial charge < -0.3 is 9.84 Å². The number of anilines is 1. The molecular weight excluding hydrogens is 532 g/mol. The van der Waals surface area contributed by atoms with E-state index >= 15 is 0 Å². The lowest BCUT2D eigenvalue weighted by atomic mass is 9.87. The van der Waals surface area contributed by atoms with E-state index in [0.717, 1.165) is 10.0 Å². The van der Waals surface area contributed by atoms with Gasteiger partial charge in [0.15, 0.2) is 0 Å². The van der Waals surface area contributed by atoms with Crippen LogP contribution in [0, 0.1) is 5.92 Å². The average molecular weight is 561 g/mol. The molecule has 0 fully saturated rings. The highest BCUT2D eigenvalue weighted by atomic mass is 79.9. The number of carboxylic acids is 1. The Morgan fingerprint density at radius 2 is 1.68 bits per heavy atom. The minimum absolute atomic E-state index is 0.0109. The van der Waals surface area contributed by atoms with Gasteiger partial charge in [0.05, 0.1) is 22.5 Å². The van der Waals surface area contributed by atoms with Crippen LogP contribution < -0.4 is 9.75 Å². The third-order valence-corrected chi connectivity index (χ3v) is 6.53. The number of carbonyl (C=O) groups excluding carboxylic acids is 1. The average Bonchev–Trinajstić information content (AvgIpc) is 3.17. The van der Waals surface area contributed by atoms with Crippen molar-refractivity contribution >= 4 is 45.3 Å². The number of hydrogen-bond donors (Lipinski definition) is 1. The lowest BCUT2D eigenvalue weighted by Crippen LogP contribution is -2.21. The second-order valence-corrected chi connectivity index (χ2v) is 11.1. The van der Waals surface area contributed by atoms with E-state index < -0.39 is 5.97 Å². The fraction of sp³-hybridized carbons (Fsp3) is 0.233. The van der Waals surface area contributed by atoms with Crippen molar-refractivity contribution in [2.24, 2.45) is 11.0 Å². The molecule has 0 radical (unpaired) electrons. The number of aromatic carboxylic acids is 1. The third-order valence-electron chi connectivity index (χ3n) is 6.04. The molecule has 37 heavy (non-hydrogen) atoms. The molecule has 1 aliphatic heterocycles. The van der Waals surface area contributed by atoms with Crippen LogP contribution >= 0.6 is 15.9 Å². The van der Waals surface area contributed by atoms with Gasteiger partial charge in [-0.25, -0.2) is 4.79 Å². The molecule has 4 rings (SSSR count). The Bertz CT molecular complexity index is 1400. The van der Waals surface area contributed by atoms with Gasteiger partial charge in [-0.15, -0.1) is 0 Å². The number of rotatable bonds is 6. The summed E-state index contributed by atoms with van der Waals surface area (Å²) in [5, 5.41) is 15.1. The topological polar surface area (TPSA) is 79.2 Å². The van der Waals surface area contributed by atoms with Crippen molar-refractivity contribution in [2.45, 2.75) is 40.0 Å². The highest BCUT2D eigenvalue weighted by Crippen LogP contribution is 2.34. The van der Waals surface area contributed by atoms with Gasteiger partial charge in [-0.1, -0.05) is 68.7 Å². The van der Waals surface area contributed by atoms with Crippen molar-refractivity contribution in [2.75, 3.05) is 5.01 Å². The van der Waals surface area contributed by atoms with E-state index in [-0.39, 0.29) is 22.8 Å². The number of nitrogens with zero attached hydrogens (tertiary/aromatic N) is 2. The smallest absolute Gasteiger partial charge is 0.335 e. The first kappa shape index (κ1) is 26.4. The van der Waals surface area contributed by atoms with Crippen LogP contribution in [0.5, 0.6) is 11.5 Å². The number of halogens is 1.